The molecule has 16 heteroatoms. The number of ether oxygens (including phenoxy) is 3. The molecule has 0 bridgehead atoms. The van der Waals surface area contributed by atoms with Gasteiger partial charge in [-0.25, -0.2) is 31.2 Å². The molecule has 2 atom stereocenters. The molecule has 2 aromatic carbocycles. The maximum atomic E-state index is 15.2. The highest BCUT2D eigenvalue weighted by molar-refractivity contribution is 7.89. The average Bonchev–Trinajstić information content (AvgIpc) is 3.16. The summed E-state index contributed by atoms with van der Waals surface area (Å²) in [7, 11) is -4.00. The van der Waals surface area contributed by atoms with Gasteiger partial charge in [0.2, 0.25) is 0 Å². The monoisotopic (exact) mass is 693 g/mol. The Hall–Kier alpha value is -3.66. The van der Waals surface area contributed by atoms with Crippen LogP contribution in [0.3, 0.4) is 0 Å². The Labute approximate surface area is 271 Å². The number of carbonyl (C=O) groups excluding carboxylic acids is 2. The van der Waals surface area contributed by atoms with Crippen LogP contribution in [0.1, 0.15) is 47.1 Å². The van der Waals surface area contributed by atoms with Gasteiger partial charge < -0.3 is 19.1 Å². The van der Waals surface area contributed by atoms with E-state index in [0.29, 0.717) is 16.0 Å². The summed E-state index contributed by atoms with van der Waals surface area (Å²) in [6.07, 6.45) is -2.20. The first-order chi connectivity index (χ1) is 21.5. The minimum Gasteiger partial charge on any atom is -0.488 e. The molecule has 10 nitrogen and oxygen atoms in total. The van der Waals surface area contributed by atoms with E-state index >= 15 is 13.2 Å². The number of alkyl halides is 4. The van der Waals surface area contributed by atoms with Gasteiger partial charge in [0.25, 0.3) is 15.9 Å². The predicted molar refractivity (Wildman–Crippen MR) is 163 cm³/mol. The highest BCUT2D eigenvalue weighted by Gasteiger charge is 2.58. The number of hydrogen-bond donors (Lipinski definition) is 1. The van der Waals surface area contributed by atoms with Crippen molar-refractivity contribution >= 4 is 22.2 Å². The van der Waals surface area contributed by atoms with Crippen molar-refractivity contribution in [2.75, 3.05) is 26.7 Å². The van der Waals surface area contributed by atoms with Crippen molar-refractivity contribution in [3.8, 4) is 16.9 Å². The molecular weight excluding hydrogens is 653 g/mol. The molecule has 1 aliphatic rings. The van der Waals surface area contributed by atoms with Crippen molar-refractivity contribution in [2.45, 2.75) is 82.9 Å². The molecule has 2 amide bonds. The molecule has 0 radical (unpaired) electrons. The highest BCUT2D eigenvalue weighted by Crippen LogP contribution is 2.38. The van der Waals surface area contributed by atoms with Crippen LogP contribution in [0.5, 0.6) is 5.75 Å². The lowest BCUT2D eigenvalue weighted by atomic mass is 9.96. The van der Waals surface area contributed by atoms with E-state index in [-0.39, 0.29) is 24.5 Å². The third kappa shape index (κ3) is 10.2. The van der Waals surface area contributed by atoms with Gasteiger partial charge in [-0.15, -0.1) is 0 Å². The maximum absolute atomic E-state index is 15.2. The number of amides is 2. The van der Waals surface area contributed by atoms with Crippen molar-refractivity contribution in [2.24, 2.45) is 0 Å². The normalized spacial score (nSPS) is 18.3. The molecule has 1 N–H and O–H groups in total. The zero-order chi connectivity index (χ0) is 35.5. The number of nitrogens with one attached hydrogen (secondary N) is 1. The zero-order valence-electron chi connectivity index (χ0n) is 27.2. The van der Waals surface area contributed by atoms with Gasteiger partial charge >= 0.3 is 17.9 Å². The molecule has 0 unspecified atom stereocenters. The number of rotatable bonds is 10. The van der Waals surface area contributed by atoms with E-state index in [9.17, 15) is 26.8 Å². The van der Waals surface area contributed by atoms with Crippen molar-refractivity contribution in [3.05, 3.63) is 53.8 Å². The summed E-state index contributed by atoms with van der Waals surface area (Å²) in [5, 5.41) is 0. The second-order valence-corrected chi connectivity index (χ2v) is 14.8. The van der Waals surface area contributed by atoms with Crippen LogP contribution in [0, 0.1) is 5.82 Å². The molecule has 0 saturated carbocycles. The number of nitrogens with zero attached hydrogens (tertiary/aromatic N) is 2. The third-order valence-corrected chi connectivity index (χ3v) is 7.85. The fourth-order valence-electron chi connectivity index (χ4n) is 4.75. The van der Waals surface area contributed by atoms with Gasteiger partial charge in [0.15, 0.2) is 11.6 Å². The molecule has 1 fully saturated rings. The summed E-state index contributed by atoms with van der Waals surface area (Å²) in [6, 6.07) is 6.20. The number of benzene rings is 2. The van der Waals surface area contributed by atoms with Gasteiger partial charge in [0.05, 0.1) is 19.1 Å². The quantitative estimate of drug-likeness (QED) is 0.302. The molecule has 47 heavy (non-hydrogen) atoms. The second-order valence-electron chi connectivity index (χ2n) is 13.1. The lowest BCUT2D eigenvalue weighted by Gasteiger charge is -2.30. The van der Waals surface area contributed by atoms with Crippen molar-refractivity contribution in [1.82, 2.24) is 14.5 Å². The van der Waals surface area contributed by atoms with Gasteiger partial charge in [-0.1, -0.05) is 36.4 Å². The number of likely N-dealkylation sites (N-methyl/N-ethyl adjacent to an activating group) is 1. The van der Waals surface area contributed by atoms with Crippen molar-refractivity contribution < 1.29 is 54.2 Å². The van der Waals surface area contributed by atoms with E-state index in [1.807, 2.05) is 0 Å². The Morgan fingerprint density at radius 1 is 1.04 bits per heavy atom. The molecule has 262 valence electrons. The maximum Gasteiger partial charge on any atom is 0.410 e. The van der Waals surface area contributed by atoms with E-state index in [2.05, 4.69) is 0 Å². The number of halogens is 5. The SMILES string of the molecule is CN(CCOc1c(F)cccc1-c1cccc(C[C@H]2[C@@H](NS(=O)(=O)C(F)F)C(F)(F)CN2C(=O)OC(C)(C)C)c1)C(=O)OC(C)(C)C. The van der Waals surface area contributed by atoms with Gasteiger partial charge in [0, 0.05) is 12.6 Å². The first-order valence-corrected chi connectivity index (χ1v) is 16.2. The Morgan fingerprint density at radius 3 is 2.26 bits per heavy atom. The molecule has 0 spiro atoms. The molecule has 0 aliphatic carbocycles. The van der Waals surface area contributed by atoms with E-state index < -0.39 is 76.0 Å². The molecular formula is C31H40F5N3O7S. The molecule has 1 aliphatic heterocycles. The Balaban J connectivity index is 1.92. The van der Waals surface area contributed by atoms with Gasteiger partial charge in [-0.05, 0) is 65.2 Å². The largest absolute Gasteiger partial charge is 0.488 e. The Morgan fingerprint density at radius 2 is 1.66 bits per heavy atom. The second kappa shape index (κ2) is 14.2. The number of likely N-dealkylation sites (tertiary alicyclic amines) is 1. The van der Waals surface area contributed by atoms with Gasteiger partial charge in [0.1, 0.15) is 23.9 Å². The molecule has 1 saturated heterocycles. The first kappa shape index (κ1) is 37.8. The Kier molecular flexibility index (Phi) is 11.4. The van der Waals surface area contributed by atoms with E-state index in [0.717, 1.165) is 0 Å². The van der Waals surface area contributed by atoms with Crippen LogP contribution in [0.2, 0.25) is 0 Å². The van der Waals surface area contributed by atoms with E-state index in [1.165, 1.54) is 67.8 Å². The summed E-state index contributed by atoms with van der Waals surface area (Å²) < 4.78 is 114. The first-order valence-electron chi connectivity index (χ1n) is 14.6. The minimum atomic E-state index is -5.49. The number of carbonyl (C=O) groups is 2. The van der Waals surface area contributed by atoms with E-state index in [4.69, 9.17) is 14.2 Å². The average molecular weight is 694 g/mol. The van der Waals surface area contributed by atoms with Crippen LogP contribution in [-0.4, -0.2) is 92.1 Å². The topological polar surface area (TPSA) is 114 Å². The number of para-hydroxylation sites is 1. The molecule has 3 rings (SSSR count). The fraction of sp³-hybridized carbons (Fsp3) is 0.548. The standard InChI is InChI=1S/C31H40F5N3O7S/c1-29(2,3)45-27(40)38(7)14-15-44-24-21(12-9-13-22(24)32)20-11-8-10-19(16-20)17-23-25(37-47(42,43)26(33)34)31(35,36)18-39(23)28(41)46-30(4,5)6/h8-13,16,23,25-26,37H,14-15,17-18H2,1-7H3/t23-,25+/m0/s1. The number of sulfonamides is 1. The minimum absolute atomic E-state index is 0.0506. The smallest absolute Gasteiger partial charge is 0.410 e. The molecule has 1 heterocycles. The molecule has 2 aromatic rings. The highest BCUT2D eigenvalue weighted by atomic mass is 32.2. The van der Waals surface area contributed by atoms with Crippen LogP contribution in [0.15, 0.2) is 42.5 Å². The predicted octanol–water partition coefficient (Wildman–Crippen LogP) is 6.05. The summed E-state index contributed by atoms with van der Waals surface area (Å²) in [4.78, 5) is 27.1. The summed E-state index contributed by atoms with van der Waals surface area (Å²) >= 11 is 0. The molecule has 0 aromatic heterocycles. The lowest BCUT2D eigenvalue weighted by Crippen LogP contribution is -2.53. The van der Waals surface area contributed by atoms with Crippen molar-refractivity contribution in [3.63, 3.8) is 0 Å². The zero-order valence-corrected chi connectivity index (χ0v) is 28.0. The summed E-state index contributed by atoms with van der Waals surface area (Å²) in [5.74, 6) is -8.81. The van der Waals surface area contributed by atoms with E-state index in [1.54, 1.807) is 32.9 Å². The third-order valence-electron chi connectivity index (χ3n) is 6.80. The summed E-state index contributed by atoms with van der Waals surface area (Å²) in [6.45, 7) is 8.29. The van der Waals surface area contributed by atoms with Crippen LogP contribution >= 0.6 is 0 Å². The van der Waals surface area contributed by atoms with Crippen LogP contribution in [-0.2, 0) is 25.9 Å². The van der Waals surface area contributed by atoms with Crippen molar-refractivity contribution in [1.29, 1.82) is 0 Å². The Bertz CT molecular complexity index is 1540. The number of hydrogen-bond acceptors (Lipinski definition) is 7. The lowest BCUT2D eigenvalue weighted by molar-refractivity contribution is -0.0125. The van der Waals surface area contributed by atoms with Crippen LogP contribution in [0.4, 0.5) is 31.5 Å². The summed E-state index contributed by atoms with van der Waals surface area (Å²) in [5.41, 5.74) is -0.896. The fourth-order valence-corrected chi connectivity index (χ4v) is 5.54. The van der Waals surface area contributed by atoms with Crippen LogP contribution < -0.4 is 9.46 Å². The van der Waals surface area contributed by atoms with Gasteiger partial charge in [-0.2, -0.15) is 13.5 Å². The van der Waals surface area contributed by atoms with Crippen LogP contribution in [0.25, 0.3) is 11.1 Å². The van der Waals surface area contributed by atoms with Gasteiger partial charge in [-0.3, -0.25) is 4.90 Å².